The highest BCUT2D eigenvalue weighted by Gasteiger charge is 2.28. The van der Waals surface area contributed by atoms with Gasteiger partial charge >= 0.3 is 0 Å². The fourth-order valence-electron chi connectivity index (χ4n) is 4.18. The van der Waals surface area contributed by atoms with Crippen LogP contribution in [0.25, 0.3) is 11.3 Å². The fraction of sp³-hybridized carbons (Fsp3) is 0.450. The largest absolute Gasteiger partial charge is 0.359 e. The van der Waals surface area contributed by atoms with Crippen LogP contribution in [0.15, 0.2) is 40.9 Å². The predicted molar refractivity (Wildman–Crippen MR) is 97.5 cm³/mol. The second kappa shape index (κ2) is 6.68. The van der Waals surface area contributed by atoms with Gasteiger partial charge in [0.15, 0.2) is 5.76 Å². The van der Waals surface area contributed by atoms with Gasteiger partial charge in [0, 0.05) is 30.5 Å². The Morgan fingerprint density at radius 3 is 2.73 bits per heavy atom. The number of nitrogens with zero attached hydrogens (tertiary/aromatic N) is 5. The second-order valence-electron chi connectivity index (χ2n) is 7.32. The Balaban J connectivity index is 1.21. The normalized spacial score (nSPS) is 18.3. The van der Waals surface area contributed by atoms with Crippen LogP contribution >= 0.6 is 0 Å². The van der Waals surface area contributed by atoms with E-state index in [4.69, 9.17) is 4.52 Å². The van der Waals surface area contributed by atoms with Crippen molar-refractivity contribution in [2.75, 3.05) is 13.1 Å². The monoisotopic (exact) mass is 349 g/mol. The summed E-state index contributed by atoms with van der Waals surface area (Å²) in [6, 6.07) is 12.2. The summed E-state index contributed by atoms with van der Waals surface area (Å²) in [5, 5.41) is 13.1. The van der Waals surface area contributed by atoms with E-state index in [1.165, 1.54) is 18.1 Å². The standard InChI is InChI=1S/C20H23N5O/c1-2-5-15(6-3-1)18-13-17(26-23-18)14-24-11-8-16(9-12-24)20-22-21-19-7-4-10-25(19)20/h1-3,5-6,13,16H,4,7-12,14H2. The predicted octanol–water partition coefficient (Wildman–Crippen LogP) is 3.26. The van der Waals surface area contributed by atoms with Gasteiger partial charge in [-0.1, -0.05) is 35.5 Å². The highest BCUT2D eigenvalue weighted by atomic mass is 16.5. The average molecular weight is 349 g/mol. The van der Waals surface area contributed by atoms with Crippen molar-refractivity contribution in [3.8, 4) is 11.3 Å². The van der Waals surface area contributed by atoms with E-state index in [9.17, 15) is 0 Å². The van der Waals surface area contributed by atoms with Crippen molar-refractivity contribution in [3.63, 3.8) is 0 Å². The van der Waals surface area contributed by atoms with Gasteiger partial charge in [0.2, 0.25) is 0 Å². The summed E-state index contributed by atoms with van der Waals surface area (Å²) in [6.07, 6.45) is 4.57. The summed E-state index contributed by atoms with van der Waals surface area (Å²) < 4.78 is 7.91. The maximum Gasteiger partial charge on any atom is 0.151 e. The molecule has 0 aliphatic carbocycles. The van der Waals surface area contributed by atoms with Crippen LogP contribution in [0.5, 0.6) is 0 Å². The zero-order valence-corrected chi connectivity index (χ0v) is 14.8. The van der Waals surface area contributed by atoms with Crippen LogP contribution in [-0.2, 0) is 19.5 Å². The molecule has 0 amide bonds. The number of aryl methyl sites for hydroxylation is 1. The Morgan fingerprint density at radius 2 is 1.88 bits per heavy atom. The Hall–Kier alpha value is -2.47. The minimum atomic E-state index is 0.542. The molecular weight excluding hydrogens is 326 g/mol. The molecule has 26 heavy (non-hydrogen) atoms. The van der Waals surface area contributed by atoms with Gasteiger partial charge in [-0.05, 0) is 32.4 Å². The fourth-order valence-corrected chi connectivity index (χ4v) is 4.18. The molecule has 1 saturated heterocycles. The molecule has 2 aromatic heterocycles. The van der Waals surface area contributed by atoms with E-state index in [0.29, 0.717) is 5.92 Å². The van der Waals surface area contributed by atoms with Gasteiger partial charge in [-0.15, -0.1) is 10.2 Å². The summed E-state index contributed by atoms with van der Waals surface area (Å²) in [6.45, 7) is 4.05. The smallest absolute Gasteiger partial charge is 0.151 e. The zero-order chi connectivity index (χ0) is 17.3. The lowest BCUT2D eigenvalue weighted by atomic mass is 9.96. The third-order valence-corrected chi connectivity index (χ3v) is 5.60. The Labute approximate surface area is 152 Å². The van der Waals surface area contributed by atoms with E-state index in [0.717, 1.165) is 62.5 Å². The van der Waals surface area contributed by atoms with Crippen LogP contribution in [0, 0.1) is 0 Å². The lowest BCUT2D eigenvalue weighted by Crippen LogP contribution is -2.33. The molecule has 0 unspecified atom stereocenters. The number of fused-ring (bicyclic) bond motifs is 1. The van der Waals surface area contributed by atoms with Gasteiger partial charge in [-0.3, -0.25) is 4.90 Å². The molecule has 0 radical (unpaired) electrons. The molecule has 1 aromatic carbocycles. The van der Waals surface area contributed by atoms with Gasteiger partial charge < -0.3 is 9.09 Å². The first-order valence-electron chi connectivity index (χ1n) is 9.52. The number of hydrogen-bond donors (Lipinski definition) is 0. The zero-order valence-electron chi connectivity index (χ0n) is 14.8. The molecule has 6 nitrogen and oxygen atoms in total. The topological polar surface area (TPSA) is 60.0 Å². The summed E-state index contributed by atoms with van der Waals surface area (Å²) in [7, 11) is 0. The number of aromatic nitrogens is 4. The molecule has 0 spiro atoms. The number of piperidine rings is 1. The molecule has 5 rings (SSSR count). The lowest BCUT2D eigenvalue weighted by Gasteiger charge is -2.30. The maximum atomic E-state index is 5.56. The van der Waals surface area contributed by atoms with Crippen molar-refractivity contribution in [2.24, 2.45) is 0 Å². The quantitative estimate of drug-likeness (QED) is 0.723. The molecular formula is C20H23N5O. The molecule has 0 bridgehead atoms. The van der Waals surface area contributed by atoms with E-state index >= 15 is 0 Å². The van der Waals surface area contributed by atoms with Gasteiger partial charge in [0.05, 0.1) is 6.54 Å². The first-order valence-corrected chi connectivity index (χ1v) is 9.52. The number of benzene rings is 1. The molecule has 4 heterocycles. The first kappa shape index (κ1) is 15.8. The summed E-state index contributed by atoms with van der Waals surface area (Å²) in [4.78, 5) is 2.45. The third kappa shape index (κ3) is 2.94. The van der Waals surface area contributed by atoms with E-state index in [-0.39, 0.29) is 0 Å². The van der Waals surface area contributed by atoms with Crippen LogP contribution in [0.1, 0.15) is 42.6 Å². The lowest BCUT2D eigenvalue weighted by molar-refractivity contribution is 0.181. The Morgan fingerprint density at radius 1 is 1.04 bits per heavy atom. The molecule has 2 aliphatic rings. The van der Waals surface area contributed by atoms with Gasteiger partial charge in [-0.25, -0.2) is 0 Å². The van der Waals surface area contributed by atoms with Crippen molar-refractivity contribution < 1.29 is 4.52 Å². The summed E-state index contributed by atoms with van der Waals surface area (Å²) >= 11 is 0. The molecule has 0 saturated carbocycles. The van der Waals surface area contributed by atoms with Crippen molar-refractivity contribution in [3.05, 3.63) is 53.8 Å². The molecule has 1 fully saturated rings. The second-order valence-corrected chi connectivity index (χ2v) is 7.32. The minimum Gasteiger partial charge on any atom is -0.359 e. The van der Waals surface area contributed by atoms with Gasteiger partial charge in [-0.2, -0.15) is 0 Å². The average Bonchev–Trinajstić information content (AvgIpc) is 3.40. The maximum absolute atomic E-state index is 5.56. The highest BCUT2D eigenvalue weighted by molar-refractivity contribution is 5.58. The van der Waals surface area contributed by atoms with E-state index in [1.807, 2.05) is 18.2 Å². The molecule has 3 aromatic rings. The molecule has 0 N–H and O–H groups in total. The highest BCUT2D eigenvalue weighted by Crippen LogP contribution is 2.30. The van der Waals surface area contributed by atoms with Crippen molar-refractivity contribution in [2.45, 2.75) is 44.7 Å². The number of hydrogen-bond acceptors (Lipinski definition) is 5. The molecule has 6 heteroatoms. The summed E-state index contributed by atoms with van der Waals surface area (Å²) in [5.74, 6) is 3.87. The first-order chi connectivity index (χ1) is 12.9. The van der Waals surface area contributed by atoms with Crippen molar-refractivity contribution in [1.82, 2.24) is 24.8 Å². The third-order valence-electron chi connectivity index (χ3n) is 5.60. The summed E-state index contributed by atoms with van der Waals surface area (Å²) in [5.41, 5.74) is 2.01. The van der Waals surface area contributed by atoms with Crippen LogP contribution < -0.4 is 0 Å². The van der Waals surface area contributed by atoms with Gasteiger partial charge in [0.1, 0.15) is 17.3 Å². The number of likely N-dealkylation sites (tertiary alicyclic amines) is 1. The van der Waals surface area contributed by atoms with E-state index < -0.39 is 0 Å². The molecule has 0 atom stereocenters. The van der Waals surface area contributed by atoms with Crippen molar-refractivity contribution in [1.29, 1.82) is 0 Å². The van der Waals surface area contributed by atoms with Crippen LogP contribution in [-0.4, -0.2) is 37.9 Å². The van der Waals surface area contributed by atoms with Gasteiger partial charge in [0.25, 0.3) is 0 Å². The number of rotatable bonds is 4. The van der Waals surface area contributed by atoms with Crippen LogP contribution in [0.2, 0.25) is 0 Å². The van der Waals surface area contributed by atoms with Crippen molar-refractivity contribution >= 4 is 0 Å². The minimum absolute atomic E-state index is 0.542. The van der Waals surface area contributed by atoms with E-state index in [1.54, 1.807) is 0 Å². The van der Waals surface area contributed by atoms with Crippen LogP contribution in [0.4, 0.5) is 0 Å². The Bertz CT molecular complexity index is 877. The SMILES string of the molecule is c1ccc(-c2cc(CN3CCC(c4nnc5n4CCC5)CC3)on2)cc1. The molecule has 2 aliphatic heterocycles. The van der Waals surface area contributed by atoms with E-state index in [2.05, 4.69) is 43.0 Å². The Kier molecular flexibility index (Phi) is 4.05. The molecule has 134 valence electrons. The van der Waals surface area contributed by atoms with Crippen LogP contribution in [0.3, 0.4) is 0 Å².